The first-order valence-corrected chi connectivity index (χ1v) is 6.67. The molecule has 5 nitrogen and oxygen atoms in total. The van der Waals surface area contributed by atoms with Crippen molar-refractivity contribution < 1.29 is 14.7 Å². The summed E-state index contributed by atoms with van der Waals surface area (Å²) in [7, 11) is 0. The summed E-state index contributed by atoms with van der Waals surface area (Å²) in [5.74, 6) is -1.92. The highest BCUT2D eigenvalue weighted by atomic mass is 32.1. The van der Waals surface area contributed by atoms with Gasteiger partial charge in [-0.1, -0.05) is 29.8 Å². The molecule has 0 aliphatic heterocycles. The van der Waals surface area contributed by atoms with E-state index in [0.29, 0.717) is 10.7 Å². The monoisotopic (exact) mass is 288 g/mol. The minimum Gasteiger partial charge on any atom is -0.507 e. The summed E-state index contributed by atoms with van der Waals surface area (Å²) in [4.78, 5) is 27.1. The topological polar surface area (TPSA) is 79.3 Å². The summed E-state index contributed by atoms with van der Waals surface area (Å²) < 4.78 is 0. The molecule has 1 heterocycles. The van der Waals surface area contributed by atoms with Crippen molar-refractivity contribution in [2.45, 2.75) is 6.92 Å². The van der Waals surface area contributed by atoms with Gasteiger partial charge in [-0.3, -0.25) is 14.9 Å². The third-order valence-electron chi connectivity index (χ3n) is 2.49. The number of nitrogens with zero attached hydrogens (tertiary/aromatic N) is 1. The van der Waals surface area contributed by atoms with Crippen LogP contribution in [-0.2, 0) is 9.59 Å². The van der Waals surface area contributed by atoms with Gasteiger partial charge in [0, 0.05) is 23.2 Å². The lowest BCUT2D eigenvalue weighted by molar-refractivity contribution is -0.131. The van der Waals surface area contributed by atoms with Gasteiger partial charge in [-0.2, -0.15) is 0 Å². The highest BCUT2D eigenvalue weighted by Crippen LogP contribution is 2.13. The largest absolute Gasteiger partial charge is 0.507 e. The van der Waals surface area contributed by atoms with Crippen LogP contribution in [0.1, 0.15) is 11.1 Å². The van der Waals surface area contributed by atoms with Gasteiger partial charge in [-0.25, -0.2) is 4.98 Å². The number of nitrogens with one attached hydrogen (secondary N) is 1. The Kier molecular flexibility index (Phi) is 4.27. The summed E-state index contributed by atoms with van der Waals surface area (Å²) in [6.45, 7) is 1.91. The maximum absolute atomic E-state index is 11.6. The third-order valence-corrected chi connectivity index (χ3v) is 3.18. The highest BCUT2D eigenvalue weighted by Gasteiger charge is 2.14. The number of carbonyl (C=O) groups is 2. The van der Waals surface area contributed by atoms with E-state index in [0.717, 1.165) is 11.6 Å². The molecule has 0 atom stereocenters. The number of aliphatic hydroxyl groups is 1. The molecule has 1 aromatic carbocycles. The predicted molar refractivity (Wildman–Crippen MR) is 77.5 cm³/mol. The number of aromatic nitrogens is 1. The second-order valence-electron chi connectivity index (χ2n) is 4.05. The quantitative estimate of drug-likeness (QED) is 0.515. The number of amides is 1. The van der Waals surface area contributed by atoms with Crippen LogP contribution < -0.4 is 5.32 Å². The minimum atomic E-state index is -0.835. The van der Waals surface area contributed by atoms with Gasteiger partial charge in [0.2, 0.25) is 5.78 Å². The Morgan fingerprint density at radius 1 is 1.30 bits per heavy atom. The average molecular weight is 288 g/mol. The number of rotatable bonds is 4. The van der Waals surface area contributed by atoms with Gasteiger partial charge in [0.25, 0.3) is 5.91 Å². The van der Waals surface area contributed by atoms with Gasteiger partial charge in [0.1, 0.15) is 5.76 Å². The molecule has 102 valence electrons. The summed E-state index contributed by atoms with van der Waals surface area (Å²) in [6.07, 6.45) is 2.41. The number of thiazole rings is 1. The van der Waals surface area contributed by atoms with E-state index in [-0.39, 0.29) is 5.76 Å². The lowest BCUT2D eigenvalue weighted by atomic mass is 10.1. The van der Waals surface area contributed by atoms with E-state index in [1.165, 1.54) is 17.5 Å². The number of aliphatic hydroxyl groups excluding tert-OH is 1. The normalized spacial score (nSPS) is 11.2. The molecule has 20 heavy (non-hydrogen) atoms. The number of hydrogen-bond acceptors (Lipinski definition) is 5. The van der Waals surface area contributed by atoms with Crippen molar-refractivity contribution in [3.8, 4) is 0 Å². The Balaban J connectivity index is 2.07. The van der Waals surface area contributed by atoms with Crippen LogP contribution in [0.5, 0.6) is 0 Å². The molecular formula is C14H12N2O3S. The maximum atomic E-state index is 11.6. The van der Waals surface area contributed by atoms with E-state index < -0.39 is 11.7 Å². The van der Waals surface area contributed by atoms with Crippen molar-refractivity contribution in [1.82, 2.24) is 4.98 Å². The summed E-state index contributed by atoms with van der Waals surface area (Å²) in [6, 6.07) is 6.96. The molecule has 0 aliphatic carbocycles. The van der Waals surface area contributed by atoms with Gasteiger partial charge < -0.3 is 5.11 Å². The van der Waals surface area contributed by atoms with Crippen molar-refractivity contribution in [2.24, 2.45) is 0 Å². The van der Waals surface area contributed by atoms with Gasteiger partial charge in [0.15, 0.2) is 5.13 Å². The zero-order valence-corrected chi connectivity index (χ0v) is 11.5. The number of benzene rings is 1. The fourth-order valence-corrected chi connectivity index (χ4v) is 1.97. The fourth-order valence-electron chi connectivity index (χ4n) is 1.44. The number of hydrogen-bond donors (Lipinski definition) is 2. The minimum absolute atomic E-state index is 0.246. The van der Waals surface area contributed by atoms with Crippen LogP contribution in [0.2, 0.25) is 0 Å². The molecule has 0 spiro atoms. The molecular weight excluding hydrogens is 276 g/mol. The first-order valence-electron chi connectivity index (χ1n) is 5.79. The van der Waals surface area contributed by atoms with Crippen molar-refractivity contribution in [1.29, 1.82) is 0 Å². The van der Waals surface area contributed by atoms with Gasteiger partial charge in [-0.15, -0.1) is 11.3 Å². The number of ketones is 1. The number of anilines is 1. The molecule has 0 aliphatic rings. The van der Waals surface area contributed by atoms with Crippen LogP contribution in [0.4, 0.5) is 5.13 Å². The molecule has 0 unspecified atom stereocenters. The van der Waals surface area contributed by atoms with Crippen LogP contribution >= 0.6 is 11.3 Å². The van der Waals surface area contributed by atoms with E-state index in [1.54, 1.807) is 29.6 Å². The zero-order chi connectivity index (χ0) is 14.5. The maximum Gasteiger partial charge on any atom is 0.298 e. The van der Waals surface area contributed by atoms with Gasteiger partial charge in [-0.05, 0) is 6.92 Å². The molecule has 2 rings (SSSR count). The Hall–Kier alpha value is -2.47. The lowest BCUT2D eigenvalue weighted by Crippen LogP contribution is -2.21. The van der Waals surface area contributed by atoms with E-state index >= 15 is 0 Å². The molecule has 6 heteroatoms. The number of carbonyl (C=O) groups excluding carboxylic acids is 2. The molecule has 1 aromatic heterocycles. The van der Waals surface area contributed by atoms with Gasteiger partial charge >= 0.3 is 0 Å². The van der Waals surface area contributed by atoms with Crippen molar-refractivity contribution in [3.05, 3.63) is 53.0 Å². The second-order valence-corrected chi connectivity index (χ2v) is 4.95. The average Bonchev–Trinajstić information content (AvgIpc) is 2.92. The van der Waals surface area contributed by atoms with E-state index in [2.05, 4.69) is 10.3 Å². The molecule has 1 amide bonds. The third kappa shape index (κ3) is 3.52. The summed E-state index contributed by atoms with van der Waals surface area (Å²) in [5.41, 5.74) is 1.51. The van der Waals surface area contributed by atoms with Crippen molar-refractivity contribution >= 4 is 33.9 Å². The zero-order valence-electron chi connectivity index (χ0n) is 10.7. The van der Waals surface area contributed by atoms with E-state index in [4.69, 9.17) is 0 Å². The fraction of sp³-hybridized carbons (Fsp3) is 0.0714. The van der Waals surface area contributed by atoms with Crippen LogP contribution in [0.25, 0.3) is 5.76 Å². The molecule has 2 aromatic rings. The molecule has 0 fully saturated rings. The molecule has 0 saturated carbocycles. The summed E-state index contributed by atoms with van der Waals surface area (Å²) in [5, 5.41) is 14.2. The SMILES string of the molecule is Cc1ccc(/C(O)=C/C(=O)C(=O)Nc2nccs2)cc1. The smallest absolute Gasteiger partial charge is 0.298 e. The van der Waals surface area contributed by atoms with Crippen molar-refractivity contribution in [3.63, 3.8) is 0 Å². The molecule has 2 N–H and O–H groups in total. The molecule has 0 saturated heterocycles. The standard InChI is InChI=1S/C14H12N2O3S/c1-9-2-4-10(5-3-9)11(17)8-12(18)13(19)16-14-15-6-7-20-14/h2-8,17H,1H3,(H,15,16,19)/b11-8-. The molecule has 0 bridgehead atoms. The van der Waals surface area contributed by atoms with Crippen LogP contribution in [-0.4, -0.2) is 21.8 Å². The van der Waals surface area contributed by atoms with E-state index in [9.17, 15) is 14.7 Å². The van der Waals surface area contributed by atoms with Crippen LogP contribution in [0, 0.1) is 6.92 Å². The Bertz CT molecular complexity index is 646. The Morgan fingerprint density at radius 2 is 2.00 bits per heavy atom. The first-order chi connectivity index (χ1) is 9.56. The Morgan fingerprint density at radius 3 is 2.60 bits per heavy atom. The second kappa shape index (κ2) is 6.12. The lowest BCUT2D eigenvalue weighted by Gasteiger charge is -2.01. The van der Waals surface area contributed by atoms with Crippen LogP contribution in [0.3, 0.4) is 0 Å². The van der Waals surface area contributed by atoms with Crippen LogP contribution in [0.15, 0.2) is 41.9 Å². The first kappa shape index (κ1) is 14.0. The van der Waals surface area contributed by atoms with Crippen molar-refractivity contribution in [2.75, 3.05) is 5.32 Å². The Labute approximate surface area is 119 Å². The van der Waals surface area contributed by atoms with Gasteiger partial charge in [0.05, 0.1) is 0 Å². The highest BCUT2D eigenvalue weighted by molar-refractivity contribution is 7.13. The molecule has 0 radical (unpaired) electrons. The van der Waals surface area contributed by atoms with E-state index in [1.807, 2.05) is 6.92 Å². The number of aryl methyl sites for hydroxylation is 1. The summed E-state index contributed by atoms with van der Waals surface area (Å²) >= 11 is 1.21. The predicted octanol–water partition coefficient (Wildman–Crippen LogP) is 2.56.